The lowest BCUT2D eigenvalue weighted by molar-refractivity contribution is 0.0946. The number of ether oxygens (including phenoxy) is 1. The van der Waals surface area contributed by atoms with Gasteiger partial charge < -0.3 is 10.1 Å². The zero-order chi connectivity index (χ0) is 20.2. The van der Waals surface area contributed by atoms with Crippen LogP contribution in [0.1, 0.15) is 16.1 Å². The third-order valence-corrected chi connectivity index (χ3v) is 4.20. The fraction of sp³-hybridized carbons (Fsp3) is 0.0476. The minimum atomic E-state index is -0.413. The molecule has 8 heteroatoms. The Morgan fingerprint density at radius 1 is 1.03 bits per heavy atom. The van der Waals surface area contributed by atoms with Gasteiger partial charge in [-0.25, -0.2) is 14.5 Å². The van der Waals surface area contributed by atoms with Crippen molar-refractivity contribution in [1.29, 1.82) is 0 Å². The summed E-state index contributed by atoms with van der Waals surface area (Å²) in [5, 5.41) is 9.85. The van der Waals surface area contributed by atoms with Gasteiger partial charge in [-0.3, -0.25) is 9.59 Å². The third kappa shape index (κ3) is 4.11. The first-order chi connectivity index (χ1) is 14.1. The maximum Gasteiger partial charge on any atom is 0.272 e. The minimum Gasteiger partial charge on any atom is -0.439 e. The highest BCUT2D eigenvalue weighted by atomic mass is 19.1. The van der Waals surface area contributed by atoms with Gasteiger partial charge in [-0.2, -0.15) is 5.10 Å². The molecular formula is C21H15FN4O3. The number of pyridine rings is 1. The predicted octanol–water partition coefficient (Wildman–Crippen LogP) is 3.18. The number of nitrogens with one attached hydrogen (secondary N) is 2. The highest BCUT2D eigenvalue weighted by molar-refractivity contribution is 6.04. The molecule has 0 aliphatic heterocycles. The summed E-state index contributed by atoms with van der Waals surface area (Å²) in [6.45, 7) is 0.220. The van der Waals surface area contributed by atoms with Crippen molar-refractivity contribution in [2.45, 2.75) is 6.54 Å². The smallest absolute Gasteiger partial charge is 0.272 e. The molecule has 0 bridgehead atoms. The number of aromatic amines is 1. The number of nitrogens with zero attached hydrogens (tertiary/aromatic N) is 2. The minimum absolute atomic E-state index is 0.143. The van der Waals surface area contributed by atoms with Crippen molar-refractivity contribution in [3.8, 4) is 11.6 Å². The van der Waals surface area contributed by atoms with Crippen LogP contribution in [0.15, 0.2) is 71.7 Å². The molecule has 144 valence electrons. The van der Waals surface area contributed by atoms with Gasteiger partial charge in [0.25, 0.3) is 11.5 Å². The molecule has 2 aromatic heterocycles. The molecule has 4 rings (SSSR count). The molecule has 1 amide bonds. The van der Waals surface area contributed by atoms with E-state index in [9.17, 15) is 14.0 Å². The Morgan fingerprint density at radius 3 is 2.52 bits per heavy atom. The summed E-state index contributed by atoms with van der Waals surface area (Å²) in [7, 11) is 0. The second kappa shape index (κ2) is 7.89. The quantitative estimate of drug-likeness (QED) is 0.546. The topological polar surface area (TPSA) is 97.0 Å². The van der Waals surface area contributed by atoms with E-state index in [0.717, 1.165) is 5.56 Å². The van der Waals surface area contributed by atoms with Crippen molar-refractivity contribution in [2.75, 3.05) is 0 Å². The summed E-state index contributed by atoms with van der Waals surface area (Å²) in [4.78, 5) is 28.5. The number of benzene rings is 2. The Kier molecular flexibility index (Phi) is 4.98. The molecule has 0 aliphatic carbocycles. The number of aromatic nitrogens is 3. The number of hydrogen-bond acceptors (Lipinski definition) is 5. The molecule has 0 saturated heterocycles. The number of carbonyl (C=O) groups excluding carboxylic acids is 1. The third-order valence-electron chi connectivity index (χ3n) is 4.20. The number of fused-ring (bicyclic) bond motifs is 1. The lowest BCUT2D eigenvalue weighted by Gasteiger charge is -2.08. The Bertz CT molecular complexity index is 1220. The number of carbonyl (C=O) groups is 1. The molecule has 0 atom stereocenters. The molecule has 0 saturated carbocycles. The van der Waals surface area contributed by atoms with Crippen LogP contribution < -0.4 is 15.6 Å². The second-order valence-electron chi connectivity index (χ2n) is 6.19. The van der Waals surface area contributed by atoms with E-state index in [1.165, 1.54) is 24.3 Å². The predicted molar refractivity (Wildman–Crippen MR) is 104 cm³/mol. The highest BCUT2D eigenvalue weighted by Crippen LogP contribution is 2.19. The van der Waals surface area contributed by atoms with Crippen molar-refractivity contribution in [3.63, 3.8) is 0 Å². The normalized spacial score (nSPS) is 10.7. The van der Waals surface area contributed by atoms with Crippen molar-refractivity contribution < 1.29 is 13.9 Å². The fourth-order valence-corrected chi connectivity index (χ4v) is 2.75. The van der Waals surface area contributed by atoms with E-state index in [1.54, 1.807) is 42.6 Å². The van der Waals surface area contributed by atoms with Gasteiger partial charge in [0.05, 0.1) is 5.39 Å². The molecule has 2 N–H and O–H groups in total. The van der Waals surface area contributed by atoms with Gasteiger partial charge in [0.1, 0.15) is 11.6 Å². The van der Waals surface area contributed by atoms with Crippen LogP contribution in [0.25, 0.3) is 10.8 Å². The largest absolute Gasteiger partial charge is 0.439 e. The second-order valence-corrected chi connectivity index (χ2v) is 6.19. The number of H-pyrrole nitrogens is 1. The highest BCUT2D eigenvalue weighted by Gasteiger charge is 2.13. The number of hydrogen-bond donors (Lipinski definition) is 2. The van der Waals surface area contributed by atoms with Gasteiger partial charge in [0.15, 0.2) is 5.69 Å². The summed E-state index contributed by atoms with van der Waals surface area (Å²) in [6.07, 6.45) is 1.57. The van der Waals surface area contributed by atoms with E-state index in [0.29, 0.717) is 22.4 Å². The molecule has 4 aromatic rings. The average Bonchev–Trinajstić information content (AvgIpc) is 2.75. The molecule has 7 nitrogen and oxygen atoms in total. The van der Waals surface area contributed by atoms with E-state index < -0.39 is 5.91 Å². The Hall–Kier alpha value is -4.07. The molecule has 2 aromatic carbocycles. The van der Waals surface area contributed by atoms with Crippen molar-refractivity contribution in [1.82, 2.24) is 20.5 Å². The summed E-state index contributed by atoms with van der Waals surface area (Å²) >= 11 is 0. The van der Waals surface area contributed by atoms with E-state index in [4.69, 9.17) is 4.74 Å². The average molecular weight is 390 g/mol. The van der Waals surface area contributed by atoms with Crippen molar-refractivity contribution in [3.05, 3.63) is 94.3 Å². The zero-order valence-electron chi connectivity index (χ0n) is 15.1. The van der Waals surface area contributed by atoms with Crippen molar-refractivity contribution in [2.24, 2.45) is 0 Å². The number of rotatable bonds is 5. The maximum absolute atomic E-state index is 12.9. The lowest BCUT2D eigenvalue weighted by atomic mass is 10.1. The summed E-state index contributed by atoms with van der Waals surface area (Å²) in [5.74, 6) is 0.0567. The van der Waals surface area contributed by atoms with Crippen molar-refractivity contribution >= 4 is 16.7 Å². The van der Waals surface area contributed by atoms with Gasteiger partial charge in [-0.05, 0) is 35.9 Å². The molecule has 0 radical (unpaired) electrons. The van der Waals surface area contributed by atoms with Crippen LogP contribution in [0.4, 0.5) is 4.39 Å². The zero-order valence-corrected chi connectivity index (χ0v) is 15.1. The first-order valence-corrected chi connectivity index (χ1v) is 8.74. The van der Waals surface area contributed by atoms with Crippen LogP contribution in [0.3, 0.4) is 0 Å². The van der Waals surface area contributed by atoms with Crippen LogP contribution in [0.2, 0.25) is 0 Å². The van der Waals surface area contributed by atoms with Crippen LogP contribution in [-0.4, -0.2) is 21.1 Å². The SMILES string of the molecule is O=C(NCc1ccc(Oc2ccc(F)cc2)nc1)c1n[nH]c(=O)c2ccccc12. The Labute approximate surface area is 164 Å². The molecule has 29 heavy (non-hydrogen) atoms. The molecule has 2 heterocycles. The van der Waals surface area contributed by atoms with Gasteiger partial charge in [0, 0.05) is 24.2 Å². The molecule has 0 spiro atoms. The van der Waals surface area contributed by atoms with Gasteiger partial charge in [0.2, 0.25) is 5.88 Å². The molecule has 0 unspecified atom stereocenters. The van der Waals surface area contributed by atoms with Crippen LogP contribution in [0, 0.1) is 5.82 Å². The van der Waals surface area contributed by atoms with E-state index in [2.05, 4.69) is 20.5 Å². The number of halogens is 1. The Balaban J connectivity index is 1.43. The van der Waals surface area contributed by atoms with E-state index >= 15 is 0 Å². The maximum atomic E-state index is 12.9. The van der Waals surface area contributed by atoms with Gasteiger partial charge >= 0.3 is 0 Å². The summed E-state index contributed by atoms with van der Waals surface area (Å²) in [6, 6.07) is 15.8. The van der Waals surface area contributed by atoms with Crippen LogP contribution in [-0.2, 0) is 6.54 Å². The van der Waals surface area contributed by atoms with Crippen LogP contribution >= 0.6 is 0 Å². The van der Waals surface area contributed by atoms with E-state index in [-0.39, 0.29) is 23.6 Å². The van der Waals surface area contributed by atoms with Gasteiger partial charge in [-0.15, -0.1) is 0 Å². The van der Waals surface area contributed by atoms with Gasteiger partial charge in [-0.1, -0.05) is 24.3 Å². The van der Waals surface area contributed by atoms with Crippen LogP contribution in [0.5, 0.6) is 11.6 Å². The van der Waals surface area contributed by atoms with E-state index in [1.807, 2.05) is 0 Å². The first kappa shape index (κ1) is 18.3. The monoisotopic (exact) mass is 390 g/mol. The molecular weight excluding hydrogens is 375 g/mol. The standard InChI is InChI=1S/C21H15FN4O3/c22-14-6-8-15(9-7-14)29-18-10-5-13(11-23-18)12-24-21(28)19-16-3-1-2-4-17(16)20(27)26-25-19/h1-11H,12H2,(H,24,28)(H,26,27). The molecule has 0 fully saturated rings. The number of amides is 1. The fourth-order valence-electron chi connectivity index (χ4n) is 2.75. The summed E-state index contributed by atoms with van der Waals surface area (Å²) < 4.78 is 18.5. The Morgan fingerprint density at radius 2 is 1.79 bits per heavy atom. The molecule has 0 aliphatic rings. The summed E-state index contributed by atoms with van der Waals surface area (Å²) in [5.41, 5.74) is 0.543. The lowest BCUT2D eigenvalue weighted by Crippen LogP contribution is -2.26. The first-order valence-electron chi connectivity index (χ1n) is 8.74.